The van der Waals surface area contributed by atoms with Gasteiger partial charge in [-0.15, -0.1) is 0 Å². The number of Topliss-reactive ketones (excluding diaryl/α,β-unsaturated/α-hetero) is 2. The van der Waals surface area contributed by atoms with Crippen LogP contribution in [0.2, 0.25) is 0 Å². The van der Waals surface area contributed by atoms with Crippen molar-refractivity contribution in [3.63, 3.8) is 0 Å². The normalized spacial score (nSPS) is 19.3. The van der Waals surface area contributed by atoms with Crippen molar-refractivity contribution in [1.82, 2.24) is 5.32 Å². The molecular weight excluding hydrogens is 270 g/mol. The van der Waals surface area contributed by atoms with E-state index in [0.717, 1.165) is 0 Å². The molecule has 0 spiro atoms. The number of carbonyl (C=O) groups is 3. The summed E-state index contributed by atoms with van der Waals surface area (Å²) in [6, 6.07) is 4.98. The number of hydrogen-bond acceptors (Lipinski definition) is 4. The van der Waals surface area contributed by atoms with Crippen molar-refractivity contribution >= 4 is 23.2 Å². The van der Waals surface area contributed by atoms with Crippen molar-refractivity contribution in [2.45, 2.75) is 20.8 Å². The van der Waals surface area contributed by atoms with Crippen molar-refractivity contribution in [2.75, 3.05) is 6.61 Å². The van der Waals surface area contributed by atoms with E-state index in [1.54, 1.807) is 32.0 Å². The molecule has 0 atom stereocenters. The molecule has 1 N–H and O–H groups in total. The summed E-state index contributed by atoms with van der Waals surface area (Å²) < 4.78 is 5.55. The fraction of sp³-hybridized carbons (Fsp3) is 0.312. The van der Waals surface area contributed by atoms with Gasteiger partial charge in [0, 0.05) is 11.1 Å². The van der Waals surface area contributed by atoms with E-state index in [1.165, 1.54) is 0 Å². The highest BCUT2D eigenvalue weighted by molar-refractivity contribution is 6.54. The molecule has 0 fully saturated rings. The van der Waals surface area contributed by atoms with E-state index in [0.29, 0.717) is 23.6 Å². The summed E-state index contributed by atoms with van der Waals surface area (Å²) in [6.45, 7) is 5.55. The number of ether oxygens (including phenoxy) is 1. The number of ketones is 2. The number of nitrogens with one attached hydrogen (secondary N) is 1. The van der Waals surface area contributed by atoms with Crippen molar-refractivity contribution in [3.8, 4) is 5.75 Å². The number of carbonyl (C=O) groups excluding carboxylic acids is 3. The molecular formula is C16H15NO4. The Morgan fingerprint density at radius 1 is 1.14 bits per heavy atom. The van der Waals surface area contributed by atoms with Gasteiger partial charge in [0.15, 0.2) is 0 Å². The van der Waals surface area contributed by atoms with Gasteiger partial charge in [0.05, 0.1) is 23.3 Å². The van der Waals surface area contributed by atoms with Crippen LogP contribution >= 0.6 is 0 Å². The average molecular weight is 285 g/mol. The summed E-state index contributed by atoms with van der Waals surface area (Å²) in [7, 11) is 0. The van der Waals surface area contributed by atoms with E-state index in [2.05, 4.69) is 5.32 Å². The molecule has 1 aromatic carbocycles. The highest BCUT2D eigenvalue weighted by Crippen LogP contribution is 2.45. The molecule has 0 saturated carbocycles. The van der Waals surface area contributed by atoms with E-state index < -0.39 is 17.0 Å². The maximum absolute atomic E-state index is 12.4. The van der Waals surface area contributed by atoms with Gasteiger partial charge in [-0.3, -0.25) is 14.4 Å². The molecule has 5 heteroatoms. The SMILES string of the molecule is CCOc1cccc2c1C1=C(C(=O)C2=O)C(C)(C)C(=O)N1. The second-order valence-electron chi connectivity index (χ2n) is 5.60. The summed E-state index contributed by atoms with van der Waals surface area (Å²) in [6.07, 6.45) is 0. The predicted octanol–water partition coefficient (Wildman–Crippen LogP) is 1.72. The van der Waals surface area contributed by atoms with Crippen LogP contribution in [0.3, 0.4) is 0 Å². The molecule has 1 aromatic rings. The molecule has 1 aliphatic carbocycles. The van der Waals surface area contributed by atoms with Gasteiger partial charge in [-0.05, 0) is 32.9 Å². The third kappa shape index (κ3) is 1.67. The minimum absolute atomic E-state index is 0.233. The summed E-state index contributed by atoms with van der Waals surface area (Å²) in [4.78, 5) is 36.8. The van der Waals surface area contributed by atoms with Crippen LogP contribution in [-0.4, -0.2) is 24.1 Å². The van der Waals surface area contributed by atoms with Crippen molar-refractivity contribution < 1.29 is 19.1 Å². The third-order valence-corrected chi connectivity index (χ3v) is 3.94. The first kappa shape index (κ1) is 13.5. The van der Waals surface area contributed by atoms with Crippen LogP contribution < -0.4 is 10.1 Å². The third-order valence-electron chi connectivity index (χ3n) is 3.94. The molecule has 1 heterocycles. The zero-order valence-corrected chi connectivity index (χ0v) is 12.1. The highest BCUT2D eigenvalue weighted by atomic mass is 16.5. The van der Waals surface area contributed by atoms with Crippen LogP contribution in [0.15, 0.2) is 23.8 Å². The van der Waals surface area contributed by atoms with Gasteiger partial charge >= 0.3 is 0 Å². The molecule has 0 bridgehead atoms. The van der Waals surface area contributed by atoms with E-state index in [4.69, 9.17) is 4.74 Å². The van der Waals surface area contributed by atoms with Gasteiger partial charge in [-0.1, -0.05) is 6.07 Å². The zero-order chi connectivity index (χ0) is 15.4. The maximum atomic E-state index is 12.4. The molecule has 0 aromatic heterocycles. The summed E-state index contributed by atoms with van der Waals surface area (Å²) >= 11 is 0. The highest BCUT2D eigenvalue weighted by Gasteiger charge is 2.50. The van der Waals surface area contributed by atoms with Crippen LogP contribution in [0.25, 0.3) is 5.70 Å². The minimum Gasteiger partial charge on any atom is -0.493 e. The molecule has 108 valence electrons. The summed E-state index contributed by atoms with van der Waals surface area (Å²) in [5, 5.41) is 2.74. The van der Waals surface area contributed by atoms with Crippen molar-refractivity contribution in [2.24, 2.45) is 5.41 Å². The Labute approximate surface area is 122 Å². The van der Waals surface area contributed by atoms with E-state index in [9.17, 15) is 14.4 Å². The van der Waals surface area contributed by atoms with E-state index in [-0.39, 0.29) is 17.0 Å². The number of fused-ring (bicyclic) bond motifs is 2. The minimum atomic E-state index is -1.01. The predicted molar refractivity (Wildman–Crippen MR) is 75.8 cm³/mol. The number of amides is 1. The van der Waals surface area contributed by atoms with Crippen LogP contribution in [0.5, 0.6) is 5.75 Å². The quantitative estimate of drug-likeness (QED) is 0.840. The molecule has 0 unspecified atom stereocenters. The van der Waals surface area contributed by atoms with Crippen LogP contribution in [0.4, 0.5) is 0 Å². The van der Waals surface area contributed by atoms with Crippen LogP contribution in [0, 0.1) is 5.41 Å². The van der Waals surface area contributed by atoms with E-state index >= 15 is 0 Å². The van der Waals surface area contributed by atoms with Gasteiger partial charge < -0.3 is 10.1 Å². The van der Waals surface area contributed by atoms with Crippen molar-refractivity contribution in [1.29, 1.82) is 0 Å². The molecule has 1 aliphatic heterocycles. The number of benzene rings is 1. The lowest BCUT2D eigenvalue weighted by atomic mass is 9.76. The fourth-order valence-corrected chi connectivity index (χ4v) is 2.83. The first-order valence-corrected chi connectivity index (χ1v) is 6.81. The van der Waals surface area contributed by atoms with Gasteiger partial charge in [0.2, 0.25) is 17.5 Å². The standard InChI is InChI=1S/C16H15NO4/c1-4-21-9-7-5-6-8-10(9)12-11(14(19)13(8)18)16(2,3)15(20)17-12/h5-7H,4H2,1-3H3,(H,17,20). The molecule has 21 heavy (non-hydrogen) atoms. The Bertz CT molecular complexity index is 728. The topological polar surface area (TPSA) is 72.5 Å². The van der Waals surface area contributed by atoms with E-state index in [1.807, 2.05) is 6.92 Å². The molecule has 2 aliphatic rings. The monoisotopic (exact) mass is 285 g/mol. The first-order chi connectivity index (χ1) is 9.89. The lowest BCUT2D eigenvalue weighted by Crippen LogP contribution is -2.32. The second kappa shape index (κ2) is 4.28. The number of rotatable bonds is 2. The lowest BCUT2D eigenvalue weighted by Gasteiger charge is -2.22. The van der Waals surface area contributed by atoms with Crippen molar-refractivity contribution in [3.05, 3.63) is 34.9 Å². The molecule has 0 saturated heterocycles. The smallest absolute Gasteiger partial charge is 0.234 e. The van der Waals surface area contributed by atoms with Gasteiger partial charge in [-0.2, -0.15) is 0 Å². The largest absolute Gasteiger partial charge is 0.493 e. The van der Waals surface area contributed by atoms with Gasteiger partial charge in [0.25, 0.3) is 0 Å². The van der Waals surface area contributed by atoms with Gasteiger partial charge in [0.1, 0.15) is 5.75 Å². The Morgan fingerprint density at radius 2 is 1.86 bits per heavy atom. The molecule has 3 rings (SSSR count). The van der Waals surface area contributed by atoms with Crippen LogP contribution in [0.1, 0.15) is 36.7 Å². The summed E-state index contributed by atoms with van der Waals surface area (Å²) in [5.41, 5.74) is 0.422. The maximum Gasteiger partial charge on any atom is 0.234 e. The Hall–Kier alpha value is -2.43. The lowest BCUT2D eigenvalue weighted by molar-refractivity contribution is -0.126. The Morgan fingerprint density at radius 3 is 2.52 bits per heavy atom. The Balaban J connectivity index is 2.33. The Kier molecular flexibility index (Phi) is 2.76. The average Bonchev–Trinajstić information content (AvgIpc) is 2.67. The zero-order valence-electron chi connectivity index (χ0n) is 12.1. The fourth-order valence-electron chi connectivity index (χ4n) is 2.83. The first-order valence-electron chi connectivity index (χ1n) is 6.81. The summed E-state index contributed by atoms with van der Waals surface area (Å²) in [5.74, 6) is -0.987. The molecule has 0 radical (unpaired) electrons. The van der Waals surface area contributed by atoms with Crippen LogP contribution in [-0.2, 0) is 9.59 Å². The number of hydrogen-bond donors (Lipinski definition) is 1. The van der Waals surface area contributed by atoms with Gasteiger partial charge in [-0.25, -0.2) is 0 Å². The molecule has 1 amide bonds. The molecule has 5 nitrogen and oxygen atoms in total. The second-order valence-corrected chi connectivity index (χ2v) is 5.60.